The predicted molar refractivity (Wildman–Crippen MR) is 81.6 cm³/mol. The lowest BCUT2D eigenvalue weighted by molar-refractivity contribution is 0.601. The Labute approximate surface area is 128 Å². The summed E-state index contributed by atoms with van der Waals surface area (Å²) in [5, 5.41) is 0.332. The summed E-state index contributed by atoms with van der Waals surface area (Å²) in [7, 11) is -3.22. The molecule has 3 nitrogen and oxygen atoms in total. The number of benzene rings is 2. The minimum atomic E-state index is -3.22. The van der Waals surface area contributed by atoms with E-state index in [9.17, 15) is 12.8 Å². The van der Waals surface area contributed by atoms with Gasteiger partial charge in [0.15, 0.2) is 9.84 Å². The van der Waals surface area contributed by atoms with Crippen LogP contribution in [0.4, 0.5) is 4.39 Å². The van der Waals surface area contributed by atoms with Crippen molar-refractivity contribution in [1.29, 1.82) is 0 Å². The van der Waals surface area contributed by atoms with E-state index in [4.69, 9.17) is 17.3 Å². The summed E-state index contributed by atoms with van der Waals surface area (Å²) in [5.41, 5.74) is 7.63. The highest BCUT2D eigenvalue weighted by Crippen LogP contribution is 2.23. The SMILES string of the molecule is CS(=O)(=O)c1ccc(C(N)Cc2ccc(F)cc2Cl)cc1. The Morgan fingerprint density at radius 3 is 2.33 bits per heavy atom. The molecule has 2 aromatic carbocycles. The quantitative estimate of drug-likeness (QED) is 0.938. The molecule has 112 valence electrons. The van der Waals surface area contributed by atoms with Gasteiger partial charge in [0.2, 0.25) is 0 Å². The molecule has 2 aromatic rings. The second-order valence-electron chi connectivity index (χ2n) is 4.89. The maximum atomic E-state index is 13.0. The molecule has 0 aliphatic carbocycles. The van der Waals surface area contributed by atoms with Crippen LogP contribution < -0.4 is 5.73 Å². The van der Waals surface area contributed by atoms with Gasteiger partial charge in [-0.25, -0.2) is 12.8 Å². The maximum absolute atomic E-state index is 13.0. The Kier molecular flexibility index (Phi) is 4.66. The Bertz CT molecular complexity index is 745. The highest BCUT2D eigenvalue weighted by Gasteiger charge is 2.12. The third kappa shape index (κ3) is 4.03. The van der Waals surface area contributed by atoms with Gasteiger partial charge in [-0.1, -0.05) is 29.8 Å². The first kappa shape index (κ1) is 15.9. The summed E-state index contributed by atoms with van der Waals surface area (Å²) in [6.45, 7) is 0. The molecule has 0 heterocycles. The van der Waals surface area contributed by atoms with E-state index >= 15 is 0 Å². The van der Waals surface area contributed by atoms with Crippen molar-refractivity contribution in [3.05, 3.63) is 64.4 Å². The van der Waals surface area contributed by atoms with Gasteiger partial charge in [-0.3, -0.25) is 0 Å². The summed E-state index contributed by atoms with van der Waals surface area (Å²) in [6.07, 6.45) is 1.59. The van der Waals surface area contributed by atoms with Crippen LogP contribution in [0.5, 0.6) is 0 Å². The Hall–Kier alpha value is -1.43. The molecule has 21 heavy (non-hydrogen) atoms. The maximum Gasteiger partial charge on any atom is 0.175 e. The van der Waals surface area contributed by atoms with E-state index < -0.39 is 15.7 Å². The van der Waals surface area contributed by atoms with Gasteiger partial charge in [0, 0.05) is 17.3 Å². The first-order chi connectivity index (χ1) is 9.77. The van der Waals surface area contributed by atoms with Gasteiger partial charge in [0.1, 0.15) is 5.82 Å². The van der Waals surface area contributed by atoms with Crippen molar-refractivity contribution >= 4 is 21.4 Å². The normalized spacial score (nSPS) is 13.1. The number of rotatable bonds is 4. The van der Waals surface area contributed by atoms with E-state index in [-0.39, 0.29) is 10.9 Å². The molecule has 0 aliphatic rings. The molecule has 2 N–H and O–H groups in total. The summed E-state index contributed by atoms with van der Waals surface area (Å²) in [6, 6.07) is 10.2. The van der Waals surface area contributed by atoms with Crippen molar-refractivity contribution in [2.45, 2.75) is 17.4 Å². The Balaban J connectivity index is 2.18. The lowest BCUT2D eigenvalue weighted by Crippen LogP contribution is -2.14. The predicted octanol–water partition coefficient (Wildman–Crippen LogP) is 3.13. The molecule has 0 fully saturated rings. The number of hydrogen-bond acceptors (Lipinski definition) is 3. The Morgan fingerprint density at radius 1 is 1.19 bits per heavy atom. The zero-order valence-electron chi connectivity index (χ0n) is 11.4. The average molecular weight is 328 g/mol. The highest BCUT2D eigenvalue weighted by molar-refractivity contribution is 7.90. The van der Waals surface area contributed by atoms with Gasteiger partial charge >= 0.3 is 0 Å². The molecule has 0 aromatic heterocycles. The average Bonchev–Trinajstić information content (AvgIpc) is 2.41. The molecular weight excluding hydrogens is 313 g/mol. The highest BCUT2D eigenvalue weighted by atomic mass is 35.5. The van der Waals surface area contributed by atoms with Crippen molar-refractivity contribution in [2.75, 3.05) is 6.26 Å². The van der Waals surface area contributed by atoms with Crippen molar-refractivity contribution in [3.63, 3.8) is 0 Å². The fourth-order valence-electron chi connectivity index (χ4n) is 2.00. The van der Waals surface area contributed by atoms with Crippen LogP contribution in [0.1, 0.15) is 17.2 Å². The van der Waals surface area contributed by atoms with Gasteiger partial charge in [0.25, 0.3) is 0 Å². The zero-order valence-corrected chi connectivity index (χ0v) is 13.0. The second-order valence-corrected chi connectivity index (χ2v) is 7.31. The lowest BCUT2D eigenvalue weighted by Gasteiger charge is -2.13. The summed E-state index contributed by atoms with van der Waals surface area (Å²) in [5.74, 6) is -0.394. The third-order valence-corrected chi connectivity index (χ3v) is 4.67. The molecule has 0 bridgehead atoms. The van der Waals surface area contributed by atoms with Crippen molar-refractivity contribution < 1.29 is 12.8 Å². The molecule has 1 unspecified atom stereocenters. The van der Waals surface area contributed by atoms with E-state index in [1.54, 1.807) is 18.2 Å². The number of sulfone groups is 1. The Morgan fingerprint density at radius 2 is 1.81 bits per heavy atom. The minimum absolute atomic E-state index is 0.248. The smallest absolute Gasteiger partial charge is 0.175 e. The second kappa shape index (κ2) is 6.13. The van der Waals surface area contributed by atoms with Crippen molar-refractivity contribution in [3.8, 4) is 0 Å². The van der Waals surface area contributed by atoms with E-state index in [2.05, 4.69) is 0 Å². The lowest BCUT2D eigenvalue weighted by atomic mass is 10.00. The molecule has 0 aliphatic heterocycles. The third-order valence-electron chi connectivity index (χ3n) is 3.19. The number of nitrogens with two attached hydrogens (primary N) is 1. The summed E-state index contributed by atoms with van der Waals surface area (Å²) < 4.78 is 35.8. The van der Waals surface area contributed by atoms with E-state index in [1.165, 1.54) is 24.3 Å². The summed E-state index contributed by atoms with van der Waals surface area (Å²) >= 11 is 5.97. The molecular formula is C15H15ClFNO2S. The number of hydrogen-bond donors (Lipinski definition) is 1. The van der Waals surface area contributed by atoms with Gasteiger partial charge in [0.05, 0.1) is 4.90 Å². The van der Waals surface area contributed by atoms with Crippen molar-refractivity contribution in [2.24, 2.45) is 5.73 Å². The van der Waals surface area contributed by atoms with Gasteiger partial charge in [-0.15, -0.1) is 0 Å². The van der Waals surface area contributed by atoms with Gasteiger partial charge in [-0.05, 0) is 41.8 Å². The van der Waals surface area contributed by atoms with E-state index in [0.717, 1.165) is 17.4 Å². The van der Waals surface area contributed by atoms with Crippen LogP contribution in [0.25, 0.3) is 0 Å². The molecule has 0 spiro atoms. The molecule has 0 saturated heterocycles. The fourth-order valence-corrected chi connectivity index (χ4v) is 2.88. The van der Waals surface area contributed by atoms with Crippen LogP contribution in [0.15, 0.2) is 47.4 Å². The van der Waals surface area contributed by atoms with Crippen LogP contribution >= 0.6 is 11.6 Å². The molecule has 1 atom stereocenters. The van der Waals surface area contributed by atoms with Crippen LogP contribution in [-0.2, 0) is 16.3 Å². The summed E-state index contributed by atoms with van der Waals surface area (Å²) in [4.78, 5) is 0.248. The first-order valence-electron chi connectivity index (χ1n) is 6.27. The molecule has 2 rings (SSSR count). The van der Waals surface area contributed by atoms with Gasteiger partial charge < -0.3 is 5.73 Å². The van der Waals surface area contributed by atoms with E-state index in [0.29, 0.717) is 11.4 Å². The topological polar surface area (TPSA) is 60.2 Å². The largest absolute Gasteiger partial charge is 0.324 e. The van der Waals surface area contributed by atoms with Crippen molar-refractivity contribution in [1.82, 2.24) is 0 Å². The fraction of sp³-hybridized carbons (Fsp3) is 0.200. The van der Waals surface area contributed by atoms with Crippen LogP contribution in [0, 0.1) is 5.82 Å². The van der Waals surface area contributed by atoms with Gasteiger partial charge in [-0.2, -0.15) is 0 Å². The van der Waals surface area contributed by atoms with E-state index in [1.807, 2.05) is 0 Å². The standard InChI is InChI=1S/C15H15ClFNO2S/c1-21(19,20)13-6-3-10(4-7-13)15(18)8-11-2-5-12(17)9-14(11)16/h2-7,9,15H,8,18H2,1H3. The molecule has 0 radical (unpaired) electrons. The monoisotopic (exact) mass is 327 g/mol. The minimum Gasteiger partial charge on any atom is -0.324 e. The zero-order chi connectivity index (χ0) is 15.6. The van der Waals surface area contributed by atoms with Crippen LogP contribution in [0.3, 0.4) is 0 Å². The molecule has 0 saturated carbocycles. The number of halogens is 2. The molecule has 0 amide bonds. The van der Waals surface area contributed by atoms with Crippen LogP contribution in [-0.4, -0.2) is 14.7 Å². The van der Waals surface area contributed by atoms with Crippen LogP contribution in [0.2, 0.25) is 5.02 Å². The molecule has 6 heteroatoms. The first-order valence-corrected chi connectivity index (χ1v) is 8.54.